The molecule has 1 aliphatic heterocycles. The fourth-order valence-corrected chi connectivity index (χ4v) is 5.64. The Kier molecular flexibility index (Phi) is 6.26. The summed E-state index contributed by atoms with van der Waals surface area (Å²) in [5.41, 5.74) is 2.57. The van der Waals surface area contributed by atoms with Crippen LogP contribution < -0.4 is 5.32 Å². The highest BCUT2D eigenvalue weighted by atomic mass is 32.2. The van der Waals surface area contributed by atoms with Crippen LogP contribution in [0.2, 0.25) is 0 Å². The molecule has 0 aliphatic carbocycles. The van der Waals surface area contributed by atoms with Crippen LogP contribution in [0.5, 0.6) is 0 Å². The molecule has 1 aromatic heterocycles. The Morgan fingerprint density at radius 2 is 1.57 bits per heavy atom. The van der Waals surface area contributed by atoms with Crippen molar-refractivity contribution in [3.8, 4) is 21.8 Å². The maximum Gasteiger partial charge on any atom is 0.263 e. The van der Waals surface area contributed by atoms with Crippen molar-refractivity contribution in [2.45, 2.75) is 0 Å². The molecule has 0 radical (unpaired) electrons. The third-order valence-electron chi connectivity index (χ3n) is 5.05. The van der Waals surface area contributed by atoms with Crippen LogP contribution in [0, 0.1) is 0 Å². The highest BCUT2D eigenvalue weighted by Gasteiger charge is 2.23. The maximum atomic E-state index is 13.0. The summed E-state index contributed by atoms with van der Waals surface area (Å²) in [6, 6.07) is 19.5. The van der Waals surface area contributed by atoms with Gasteiger partial charge in [0.25, 0.3) is 5.91 Å². The molecular formula is C22H23N3O3S2. The first-order chi connectivity index (χ1) is 14.5. The number of thiazole rings is 1. The first kappa shape index (κ1) is 20.7. The van der Waals surface area contributed by atoms with E-state index in [1.54, 1.807) is 0 Å². The minimum absolute atomic E-state index is 0.154. The van der Waals surface area contributed by atoms with E-state index in [1.165, 1.54) is 11.3 Å². The van der Waals surface area contributed by atoms with E-state index in [2.05, 4.69) is 10.2 Å². The molecule has 1 aliphatic rings. The lowest BCUT2D eigenvalue weighted by atomic mass is 10.1. The van der Waals surface area contributed by atoms with E-state index in [0.29, 0.717) is 36.8 Å². The van der Waals surface area contributed by atoms with Crippen molar-refractivity contribution in [2.24, 2.45) is 0 Å². The van der Waals surface area contributed by atoms with Gasteiger partial charge in [-0.2, -0.15) is 0 Å². The normalized spacial score (nSPS) is 16.3. The number of aromatic nitrogens is 1. The minimum Gasteiger partial charge on any atom is -0.350 e. The van der Waals surface area contributed by atoms with Gasteiger partial charge in [0.05, 0.1) is 17.2 Å². The second-order valence-corrected chi connectivity index (χ2v) is 10.5. The van der Waals surface area contributed by atoms with E-state index >= 15 is 0 Å². The standard InChI is InChI=1S/C22H23N3O3S2/c26-21(23-11-12-25-13-15-30(27,28)16-14-25)20-19(17-7-3-1-4-8-17)24-22(29-20)18-9-5-2-6-10-18/h1-10H,11-16H2,(H,23,26). The topological polar surface area (TPSA) is 79.4 Å². The summed E-state index contributed by atoms with van der Waals surface area (Å²) in [5, 5.41) is 3.79. The van der Waals surface area contributed by atoms with Crippen LogP contribution in [0.1, 0.15) is 9.67 Å². The Labute approximate surface area is 180 Å². The number of amides is 1. The van der Waals surface area contributed by atoms with Gasteiger partial charge in [0.15, 0.2) is 9.84 Å². The van der Waals surface area contributed by atoms with Crippen molar-refractivity contribution in [1.82, 2.24) is 15.2 Å². The average Bonchev–Trinajstić information content (AvgIpc) is 3.22. The van der Waals surface area contributed by atoms with Gasteiger partial charge in [-0.3, -0.25) is 9.69 Å². The third-order valence-corrected chi connectivity index (χ3v) is 7.76. The lowest BCUT2D eigenvalue weighted by Crippen LogP contribution is -2.43. The van der Waals surface area contributed by atoms with Gasteiger partial charge in [-0.1, -0.05) is 60.7 Å². The highest BCUT2D eigenvalue weighted by Crippen LogP contribution is 2.33. The van der Waals surface area contributed by atoms with Gasteiger partial charge >= 0.3 is 0 Å². The van der Waals surface area contributed by atoms with Gasteiger partial charge in [-0.05, 0) is 0 Å². The summed E-state index contributed by atoms with van der Waals surface area (Å²) in [7, 11) is -2.90. The molecule has 156 valence electrons. The van der Waals surface area contributed by atoms with Crippen LogP contribution >= 0.6 is 11.3 Å². The second kappa shape index (κ2) is 9.07. The van der Waals surface area contributed by atoms with Crippen LogP contribution in [0.15, 0.2) is 60.7 Å². The van der Waals surface area contributed by atoms with Gasteiger partial charge in [0, 0.05) is 37.3 Å². The van der Waals surface area contributed by atoms with Crippen LogP contribution in [0.3, 0.4) is 0 Å². The lowest BCUT2D eigenvalue weighted by Gasteiger charge is -2.26. The van der Waals surface area contributed by atoms with E-state index < -0.39 is 9.84 Å². The first-order valence-electron chi connectivity index (χ1n) is 9.84. The fraction of sp³-hybridized carbons (Fsp3) is 0.273. The maximum absolute atomic E-state index is 13.0. The number of hydrogen-bond acceptors (Lipinski definition) is 6. The minimum atomic E-state index is -2.90. The molecule has 2 aromatic carbocycles. The van der Waals surface area contributed by atoms with E-state index in [0.717, 1.165) is 16.1 Å². The third kappa shape index (κ3) is 4.95. The number of nitrogens with zero attached hydrogens (tertiary/aromatic N) is 2. The number of nitrogens with one attached hydrogen (secondary N) is 1. The number of hydrogen-bond donors (Lipinski definition) is 1. The van der Waals surface area contributed by atoms with Crippen molar-refractivity contribution in [2.75, 3.05) is 37.7 Å². The molecule has 1 N–H and O–H groups in total. The number of carbonyl (C=O) groups excluding carboxylic acids is 1. The molecule has 0 saturated carbocycles. The van der Waals surface area contributed by atoms with Gasteiger partial charge in [0.1, 0.15) is 9.88 Å². The Morgan fingerprint density at radius 3 is 2.20 bits per heavy atom. The molecule has 6 nitrogen and oxygen atoms in total. The molecule has 1 saturated heterocycles. The summed E-state index contributed by atoms with van der Waals surface area (Å²) < 4.78 is 23.1. The Hall–Kier alpha value is -2.55. The fourth-order valence-electron chi connectivity index (χ4n) is 3.35. The van der Waals surface area contributed by atoms with E-state index in [-0.39, 0.29) is 17.4 Å². The molecule has 0 atom stereocenters. The predicted molar refractivity (Wildman–Crippen MR) is 120 cm³/mol. The van der Waals surface area contributed by atoms with Crippen molar-refractivity contribution in [3.05, 3.63) is 65.5 Å². The first-order valence-corrected chi connectivity index (χ1v) is 12.5. The van der Waals surface area contributed by atoms with E-state index in [4.69, 9.17) is 4.98 Å². The summed E-state index contributed by atoms with van der Waals surface area (Å²) in [5.74, 6) is 0.223. The number of benzene rings is 2. The number of sulfone groups is 1. The van der Waals surface area contributed by atoms with Crippen LogP contribution in [0.4, 0.5) is 0 Å². The Bertz CT molecular complexity index is 1100. The van der Waals surface area contributed by atoms with Gasteiger partial charge in [-0.25, -0.2) is 13.4 Å². The molecule has 1 fully saturated rings. The smallest absolute Gasteiger partial charge is 0.263 e. The van der Waals surface area contributed by atoms with E-state index in [9.17, 15) is 13.2 Å². The van der Waals surface area contributed by atoms with Crippen molar-refractivity contribution >= 4 is 27.1 Å². The summed E-state index contributed by atoms with van der Waals surface area (Å²) in [6.45, 7) is 2.14. The van der Waals surface area contributed by atoms with Crippen LogP contribution in [0.25, 0.3) is 21.8 Å². The van der Waals surface area contributed by atoms with Crippen LogP contribution in [-0.2, 0) is 9.84 Å². The molecule has 4 rings (SSSR count). The molecule has 30 heavy (non-hydrogen) atoms. The van der Waals surface area contributed by atoms with Gasteiger partial charge < -0.3 is 5.32 Å². The zero-order valence-electron chi connectivity index (χ0n) is 16.5. The molecular weight excluding hydrogens is 418 g/mol. The Morgan fingerprint density at radius 1 is 0.967 bits per heavy atom. The molecule has 1 amide bonds. The van der Waals surface area contributed by atoms with Crippen molar-refractivity contribution in [3.63, 3.8) is 0 Å². The molecule has 0 unspecified atom stereocenters. The zero-order chi connectivity index (χ0) is 21.0. The number of rotatable bonds is 6. The predicted octanol–water partition coefficient (Wildman–Crippen LogP) is 2.94. The van der Waals surface area contributed by atoms with E-state index in [1.807, 2.05) is 60.7 Å². The SMILES string of the molecule is O=C(NCCN1CCS(=O)(=O)CC1)c1sc(-c2ccccc2)nc1-c1ccccc1. The van der Waals surface area contributed by atoms with Gasteiger partial charge in [0.2, 0.25) is 0 Å². The van der Waals surface area contributed by atoms with Crippen molar-refractivity contribution < 1.29 is 13.2 Å². The molecule has 0 bridgehead atoms. The molecule has 3 aromatic rings. The summed E-state index contributed by atoms with van der Waals surface area (Å²) >= 11 is 1.39. The summed E-state index contributed by atoms with van der Waals surface area (Å²) in [4.78, 5) is 20.4. The molecule has 2 heterocycles. The zero-order valence-corrected chi connectivity index (χ0v) is 18.1. The lowest BCUT2D eigenvalue weighted by molar-refractivity contribution is 0.0953. The largest absolute Gasteiger partial charge is 0.350 e. The average molecular weight is 442 g/mol. The number of carbonyl (C=O) groups is 1. The highest BCUT2D eigenvalue weighted by molar-refractivity contribution is 7.91. The summed E-state index contributed by atoms with van der Waals surface area (Å²) in [6.07, 6.45) is 0. The van der Waals surface area contributed by atoms with Crippen molar-refractivity contribution in [1.29, 1.82) is 0 Å². The molecule has 0 spiro atoms. The van der Waals surface area contributed by atoms with Gasteiger partial charge in [-0.15, -0.1) is 11.3 Å². The second-order valence-electron chi connectivity index (χ2n) is 7.18. The Balaban J connectivity index is 1.49. The monoisotopic (exact) mass is 441 g/mol. The molecule has 8 heteroatoms. The quantitative estimate of drug-likeness (QED) is 0.636. The van der Waals surface area contributed by atoms with Crippen LogP contribution in [-0.4, -0.2) is 61.9 Å².